The number of hydrogen-bond donors (Lipinski definition) is 0. The lowest BCUT2D eigenvalue weighted by molar-refractivity contribution is 0.396. The van der Waals surface area contributed by atoms with E-state index in [0.717, 1.165) is 31.4 Å². The van der Waals surface area contributed by atoms with Crippen molar-refractivity contribution in [2.45, 2.75) is 57.3 Å². The number of fused-ring (bicyclic) bond motifs is 1. The van der Waals surface area contributed by atoms with E-state index in [-0.39, 0.29) is 5.92 Å². The molecule has 0 saturated heterocycles. The summed E-state index contributed by atoms with van der Waals surface area (Å²) in [6.45, 7) is 0. The molecule has 0 bridgehead atoms. The summed E-state index contributed by atoms with van der Waals surface area (Å²) in [6.07, 6.45) is 7.80. The lowest BCUT2D eigenvalue weighted by Gasteiger charge is -2.27. The minimum atomic E-state index is 0.239. The summed E-state index contributed by atoms with van der Waals surface area (Å²) in [4.78, 5) is 0. The van der Waals surface area contributed by atoms with Crippen molar-refractivity contribution in [2.24, 2.45) is 5.92 Å². The van der Waals surface area contributed by atoms with Crippen LogP contribution in [-0.4, -0.2) is 7.11 Å². The Morgan fingerprint density at radius 1 is 1.27 bits per heavy atom. The summed E-state index contributed by atoms with van der Waals surface area (Å²) in [7, 11) is 1.74. The first kappa shape index (κ1) is 16.4. The third-order valence-electron chi connectivity index (χ3n) is 4.73. The third kappa shape index (κ3) is 4.01. The van der Waals surface area contributed by atoms with Gasteiger partial charge in [-0.15, -0.1) is 0 Å². The Labute approximate surface area is 133 Å². The maximum absolute atomic E-state index is 8.83. The van der Waals surface area contributed by atoms with Crippen LogP contribution >= 0.6 is 0 Å². The van der Waals surface area contributed by atoms with Crippen LogP contribution in [0.4, 0.5) is 0 Å². The van der Waals surface area contributed by atoms with Gasteiger partial charge >= 0.3 is 0 Å². The van der Waals surface area contributed by atoms with Gasteiger partial charge in [0, 0.05) is 12.8 Å². The van der Waals surface area contributed by atoms with Crippen LogP contribution in [0.25, 0.3) is 0 Å². The van der Waals surface area contributed by atoms with Crippen LogP contribution < -0.4 is 4.74 Å². The minimum absolute atomic E-state index is 0.239. The molecule has 0 aliphatic heterocycles. The average molecular weight is 296 g/mol. The largest absolute Gasteiger partial charge is 0.496 e. The molecule has 0 N–H and O–H groups in total. The predicted molar refractivity (Wildman–Crippen MR) is 86.5 cm³/mol. The SMILES string of the molecule is COc1cccc2c1CCCC2CCCC(CC#N)CC#N. The fourth-order valence-corrected chi connectivity index (χ4v) is 3.59. The van der Waals surface area contributed by atoms with Gasteiger partial charge < -0.3 is 4.74 Å². The van der Waals surface area contributed by atoms with Crippen LogP contribution in [0.2, 0.25) is 0 Å². The first-order valence-corrected chi connectivity index (χ1v) is 8.19. The fraction of sp³-hybridized carbons (Fsp3) is 0.579. The molecule has 1 unspecified atom stereocenters. The zero-order valence-electron chi connectivity index (χ0n) is 13.3. The Morgan fingerprint density at radius 2 is 2.05 bits per heavy atom. The van der Waals surface area contributed by atoms with Crippen LogP contribution in [0.15, 0.2) is 18.2 Å². The zero-order chi connectivity index (χ0) is 15.8. The van der Waals surface area contributed by atoms with E-state index in [1.807, 2.05) is 0 Å². The number of methoxy groups -OCH3 is 1. The van der Waals surface area contributed by atoms with Crippen molar-refractivity contribution in [3.63, 3.8) is 0 Å². The molecule has 0 heterocycles. The third-order valence-corrected chi connectivity index (χ3v) is 4.73. The van der Waals surface area contributed by atoms with Gasteiger partial charge in [0.25, 0.3) is 0 Å². The molecule has 0 spiro atoms. The standard InChI is InChI=1S/C19H24N2O/c1-22-19-10-4-8-17-16(7-3-9-18(17)19)6-2-5-15(11-13-20)12-14-21/h4,8,10,15-16H,2-3,5-7,9,11-12H2,1H3. The number of nitriles is 2. The number of benzene rings is 1. The van der Waals surface area contributed by atoms with Gasteiger partial charge in [0.15, 0.2) is 0 Å². The fourth-order valence-electron chi connectivity index (χ4n) is 3.59. The quantitative estimate of drug-likeness (QED) is 0.731. The van der Waals surface area contributed by atoms with E-state index in [4.69, 9.17) is 15.3 Å². The van der Waals surface area contributed by atoms with Crippen molar-refractivity contribution in [3.8, 4) is 17.9 Å². The summed E-state index contributed by atoms with van der Waals surface area (Å²) >= 11 is 0. The van der Waals surface area contributed by atoms with Crippen molar-refractivity contribution >= 4 is 0 Å². The van der Waals surface area contributed by atoms with Gasteiger partial charge in [-0.1, -0.05) is 18.6 Å². The highest BCUT2D eigenvalue weighted by Gasteiger charge is 2.22. The van der Waals surface area contributed by atoms with Crippen LogP contribution in [0.3, 0.4) is 0 Å². The highest BCUT2D eigenvalue weighted by molar-refractivity contribution is 5.43. The zero-order valence-corrected chi connectivity index (χ0v) is 13.3. The molecule has 1 aromatic rings. The predicted octanol–water partition coefficient (Wildman–Crippen LogP) is 4.73. The van der Waals surface area contributed by atoms with Crippen LogP contribution in [-0.2, 0) is 6.42 Å². The minimum Gasteiger partial charge on any atom is -0.496 e. The van der Waals surface area contributed by atoms with Crippen molar-refractivity contribution < 1.29 is 4.74 Å². The molecule has 0 fully saturated rings. The highest BCUT2D eigenvalue weighted by atomic mass is 16.5. The molecular weight excluding hydrogens is 272 g/mol. The number of hydrogen-bond acceptors (Lipinski definition) is 3. The van der Waals surface area contributed by atoms with E-state index in [2.05, 4.69) is 30.3 Å². The molecule has 22 heavy (non-hydrogen) atoms. The topological polar surface area (TPSA) is 56.8 Å². The molecule has 0 amide bonds. The average Bonchev–Trinajstić information content (AvgIpc) is 2.55. The molecule has 1 atom stereocenters. The van der Waals surface area contributed by atoms with Gasteiger partial charge in [-0.3, -0.25) is 0 Å². The monoisotopic (exact) mass is 296 g/mol. The van der Waals surface area contributed by atoms with Gasteiger partial charge in [-0.05, 0) is 61.1 Å². The Bertz CT molecular complexity index is 552. The Morgan fingerprint density at radius 3 is 2.73 bits per heavy atom. The summed E-state index contributed by atoms with van der Waals surface area (Å²) in [5.74, 6) is 1.86. The van der Waals surface area contributed by atoms with Crippen molar-refractivity contribution in [3.05, 3.63) is 29.3 Å². The normalized spacial score (nSPS) is 16.6. The molecule has 3 nitrogen and oxygen atoms in total. The second-order valence-corrected chi connectivity index (χ2v) is 6.14. The van der Waals surface area contributed by atoms with E-state index in [1.54, 1.807) is 7.11 Å². The summed E-state index contributed by atoms with van der Waals surface area (Å²) in [5.41, 5.74) is 2.83. The van der Waals surface area contributed by atoms with Crippen molar-refractivity contribution in [1.82, 2.24) is 0 Å². The van der Waals surface area contributed by atoms with Crippen LogP contribution in [0, 0.1) is 28.6 Å². The van der Waals surface area contributed by atoms with E-state index >= 15 is 0 Å². The van der Waals surface area contributed by atoms with Crippen LogP contribution in [0.1, 0.15) is 62.0 Å². The van der Waals surface area contributed by atoms with E-state index < -0.39 is 0 Å². The summed E-state index contributed by atoms with van der Waals surface area (Å²) in [5, 5.41) is 17.7. The summed E-state index contributed by atoms with van der Waals surface area (Å²) < 4.78 is 5.50. The van der Waals surface area contributed by atoms with Crippen LogP contribution in [0.5, 0.6) is 5.75 Å². The number of nitrogens with zero attached hydrogens (tertiary/aromatic N) is 2. The molecule has 1 aliphatic carbocycles. The van der Waals surface area contributed by atoms with E-state index in [0.29, 0.717) is 18.8 Å². The molecule has 1 aromatic carbocycles. The molecule has 0 aromatic heterocycles. The second kappa shape index (κ2) is 8.44. The van der Waals surface area contributed by atoms with Gasteiger partial charge in [0.1, 0.15) is 5.75 Å². The van der Waals surface area contributed by atoms with Gasteiger partial charge in [-0.25, -0.2) is 0 Å². The molecule has 0 radical (unpaired) electrons. The van der Waals surface area contributed by atoms with Gasteiger partial charge in [0.05, 0.1) is 19.2 Å². The van der Waals surface area contributed by atoms with Crippen molar-refractivity contribution in [2.75, 3.05) is 7.11 Å². The number of rotatable bonds is 7. The lowest BCUT2D eigenvalue weighted by Crippen LogP contribution is -2.11. The lowest BCUT2D eigenvalue weighted by atomic mass is 9.79. The van der Waals surface area contributed by atoms with Gasteiger partial charge in [-0.2, -0.15) is 10.5 Å². The molecule has 2 rings (SSSR count). The molecule has 0 saturated carbocycles. The maximum atomic E-state index is 8.83. The highest BCUT2D eigenvalue weighted by Crippen LogP contribution is 2.39. The number of ether oxygens (including phenoxy) is 1. The first-order valence-electron chi connectivity index (χ1n) is 8.19. The van der Waals surface area contributed by atoms with E-state index in [1.165, 1.54) is 24.0 Å². The molecule has 116 valence electrons. The molecular formula is C19H24N2O. The van der Waals surface area contributed by atoms with E-state index in [9.17, 15) is 0 Å². The molecule has 1 aliphatic rings. The Balaban J connectivity index is 1.96. The van der Waals surface area contributed by atoms with Crippen molar-refractivity contribution in [1.29, 1.82) is 10.5 Å². The second-order valence-electron chi connectivity index (χ2n) is 6.14. The first-order chi connectivity index (χ1) is 10.8. The smallest absolute Gasteiger partial charge is 0.122 e. The summed E-state index contributed by atoms with van der Waals surface area (Å²) in [6, 6.07) is 10.8. The van der Waals surface area contributed by atoms with Gasteiger partial charge in [0.2, 0.25) is 0 Å². The Kier molecular flexibility index (Phi) is 6.28. The maximum Gasteiger partial charge on any atom is 0.122 e. The Hall–Kier alpha value is -2.00. The molecule has 3 heteroatoms.